The molecule has 11 heteroatoms. The maximum atomic E-state index is 13.5. The molecule has 174 valence electrons. The second kappa shape index (κ2) is 8.85. The van der Waals surface area contributed by atoms with E-state index in [0.29, 0.717) is 12.0 Å². The van der Waals surface area contributed by atoms with E-state index in [1.54, 1.807) is 0 Å². The molecule has 2 aromatic carbocycles. The lowest BCUT2D eigenvalue weighted by atomic mass is 9.78. The fourth-order valence-corrected chi connectivity index (χ4v) is 4.40. The largest absolute Gasteiger partial charge is 0.273 e. The van der Waals surface area contributed by atoms with E-state index in [0.717, 1.165) is 16.1 Å². The van der Waals surface area contributed by atoms with Gasteiger partial charge in [0.05, 0.1) is 28.2 Å². The van der Waals surface area contributed by atoms with Gasteiger partial charge in [-0.15, -0.1) is 0 Å². The minimum atomic E-state index is -0.775. The summed E-state index contributed by atoms with van der Waals surface area (Å²) in [5.74, 6) is -3.24. The van der Waals surface area contributed by atoms with E-state index in [2.05, 4.69) is 0 Å². The number of fused-ring (bicyclic) bond motifs is 1. The normalized spacial score (nSPS) is 21.3. The van der Waals surface area contributed by atoms with Crippen LogP contribution in [0.4, 0.5) is 11.4 Å². The first kappa shape index (κ1) is 22.8. The molecular formula is C23H20N4O7. The summed E-state index contributed by atoms with van der Waals surface area (Å²) >= 11 is 0. The van der Waals surface area contributed by atoms with Crippen molar-refractivity contribution < 1.29 is 24.2 Å². The average Bonchev–Trinajstić information content (AvgIpc) is 3.08. The Morgan fingerprint density at radius 3 is 2.32 bits per heavy atom. The van der Waals surface area contributed by atoms with Crippen molar-refractivity contribution in [3.8, 4) is 0 Å². The summed E-state index contributed by atoms with van der Waals surface area (Å²) in [5.41, 5.74) is -0.102. The van der Waals surface area contributed by atoms with Gasteiger partial charge in [-0.05, 0) is 24.0 Å². The van der Waals surface area contributed by atoms with Gasteiger partial charge < -0.3 is 0 Å². The van der Waals surface area contributed by atoms with Crippen LogP contribution in [-0.2, 0) is 16.1 Å². The van der Waals surface area contributed by atoms with Gasteiger partial charge in [0.15, 0.2) is 0 Å². The Labute approximate surface area is 193 Å². The number of hydrazine groups is 1. The van der Waals surface area contributed by atoms with Crippen molar-refractivity contribution in [1.29, 1.82) is 0 Å². The highest BCUT2D eigenvalue weighted by Gasteiger charge is 2.53. The van der Waals surface area contributed by atoms with Crippen LogP contribution in [0.5, 0.6) is 0 Å². The van der Waals surface area contributed by atoms with Crippen molar-refractivity contribution in [2.45, 2.75) is 19.9 Å². The topological polar surface area (TPSA) is 144 Å². The minimum absolute atomic E-state index is 0.0715. The van der Waals surface area contributed by atoms with Gasteiger partial charge in [-0.1, -0.05) is 37.3 Å². The summed E-state index contributed by atoms with van der Waals surface area (Å²) < 4.78 is 0. The van der Waals surface area contributed by atoms with Crippen LogP contribution in [0.2, 0.25) is 0 Å². The van der Waals surface area contributed by atoms with E-state index in [-0.39, 0.29) is 29.4 Å². The standard InChI is InChI=1S/C23H20N4O7/c1-14-4-2-7-19-20(14)23(30)25(22(19)29)24(13-15-8-10-17(11-9-15)26(31)32)21(28)16-5-3-6-18(12-16)27(33)34/h2-6,8-12,14,19-20H,7,13H2,1H3/t14-,19-,20-/m1/s1. The summed E-state index contributed by atoms with van der Waals surface area (Å²) in [5, 5.41) is 24.0. The molecule has 0 radical (unpaired) electrons. The van der Waals surface area contributed by atoms with Gasteiger partial charge in [-0.3, -0.25) is 34.6 Å². The third-order valence-corrected chi connectivity index (χ3v) is 6.11. The van der Waals surface area contributed by atoms with Crippen molar-refractivity contribution in [1.82, 2.24) is 10.0 Å². The SMILES string of the molecule is C[C@@H]1C=CC[C@H]2C(=O)N(N(Cc3ccc([N+](=O)[O-])cc3)C(=O)c3cccc([N+](=O)[O-])c3)C(=O)[C@H]12. The number of nitro benzene ring substituents is 2. The van der Waals surface area contributed by atoms with Crippen LogP contribution in [0.25, 0.3) is 0 Å². The van der Waals surface area contributed by atoms with Gasteiger partial charge in [-0.2, -0.15) is 5.01 Å². The molecule has 0 unspecified atom stereocenters. The fourth-order valence-electron chi connectivity index (χ4n) is 4.40. The van der Waals surface area contributed by atoms with Crippen LogP contribution in [0.3, 0.4) is 0 Å². The van der Waals surface area contributed by atoms with Crippen molar-refractivity contribution in [2.24, 2.45) is 17.8 Å². The van der Waals surface area contributed by atoms with E-state index in [1.807, 2.05) is 19.1 Å². The number of carbonyl (C=O) groups excluding carboxylic acids is 3. The second-order valence-electron chi connectivity index (χ2n) is 8.24. The summed E-state index contributed by atoms with van der Waals surface area (Å²) in [6.45, 7) is 1.59. The molecule has 3 atom stereocenters. The van der Waals surface area contributed by atoms with Crippen LogP contribution in [-0.4, -0.2) is 37.6 Å². The molecule has 1 aliphatic carbocycles. The molecule has 3 amide bonds. The number of benzene rings is 2. The van der Waals surface area contributed by atoms with Crippen LogP contribution in [0.15, 0.2) is 60.7 Å². The molecule has 1 saturated heterocycles. The molecule has 0 spiro atoms. The first-order valence-corrected chi connectivity index (χ1v) is 10.5. The third-order valence-electron chi connectivity index (χ3n) is 6.11. The first-order valence-electron chi connectivity index (χ1n) is 10.5. The van der Waals surface area contributed by atoms with E-state index in [1.165, 1.54) is 42.5 Å². The predicted molar refractivity (Wildman–Crippen MR) is 118 cm³/mol. The Morgan fingerprint density at radius 2 is 1.71 bits per heavy atom. The van der Waals surface area contributed by atoms with Gasteiger partial charge in [-0.25, -0.2) is 5.01 Å². The summed E-state index contributed by atoms with van der Waals surface area (Å²) in [6, 6.07) is 10.4. The van der Waals surface area contributed by atoms with Crippen molar-refractivity contribution in [2.75, 3.05) is 0 Å². The smallest absolute Gasteiger partial charge is 0.272 e. The highest BCUT2D eigenvalue weighted by Crippen LogP contribution is 2.39. The van der Waals surface area contributed by atoms with Crippen LogP contribution in [0, 0.1) is 38.0 Å². The molecule has 2 aliphatic rings. The van der Waals surface area contributed by atoms with Crippen LogP contribution >= 0.6 is 0 Å². The zero-order valence-electron chi connectivity index (χ0n) is 18.1. The fraction of sp³-hybridized carbons (Fsp3) is 0.261. The molecule has 1 aliphatic heterocycles. The Morgan fingerprint density at radius 1 is 1.03 bits per heavy atom. The Kier molecular flexibility index (Phi) is 5.93. The number of allylic oxidation sites excluding steroid dienone is 2. The lowest BCUT2D eigenvalue weighted by Crippen LogP contribution is -2.50. The highest BCUT2D eigenvalue weighted by molar-refractivity contribution is 6.08. The molecule has 11 nitrogen and oxygen atoms in total. The van der Waals surface area contributed by atoms with Crippen molar-refractivity contribution >= 4 is 29.1 Å². The summed E-state index contributed by atoms with van der Waals surface area (Å²) in [6.07, 6.45) is 4.06. The maximum Gasteiger partial charge on any atom is 0.273 e. The Hall–Kier alpha value is -4.41. The number of carbonyl (C=O) groups is 3. The van der Waals surface area contributed by atoms with Gasteiger partial charge >= 0.3 is 0 Å². The van der Waals surface area contributed by atoms with E-state index in [4.69, 9.17) is 0 Å². The molecule has 1 heterocycles. The summed E-state index contributed by atoms with van der Waals surface area (Å²) in [4.78, 5) is 61.0. The van der Waals surface area contributed by atoms with Crippen LogP contribution < -0.4 is 0 Å². The number of rotatable bonds is 6. The van der Waals surface area contributed by atoms with Crippen molar-refractivity contribution in [3.05, 3.63) is 92.0 Å². The number of hydrogen-bond donors (Lipinski definition) is 0. The van der Waals surface area contributed by atoms with E-state index < -0.39 is 39.4 Å². The second-order valence-corrected chi connectivity index (χ2v) is 8.24. The van der Waals surface area contributed by atoms with E-state index >= 15 is 0 Å². The zero-order chi connectivity index (χ0) is 24.6. The molecular weight excluding hydrogens is 444 g/mol. The first-order chi connectivity index (χ1) is 16.2. The van der Waals surface area contributed by atoms with Crippen molar-refractivity contribution in [3.63, 3.8) is 0 Å². The number of non-ortho nitro benzene ring substituents is 2. The lowest BCUT2D eigenvalue weighted by molar-refractivity contribution is -0.385. The van der Waals surface area contributed by atoms with E-state index in [9.17, 15) is 34.6 Å². The zero-order valence-corrected chi connectivity index (χ0v) is 18.1. The monoisotopic (exact) mass is 464 g/mol. The lowest BCUT2D eigenvalue weighted by Gasteiger charge is -2.30. The van der Waals surface area contributed by atoms with Gasteiger partial charge in [0.25, 0.3) is 29.1 Å². The Bertz CT molecular complexity index is 1220. The van der Waals surface area contributed by atoms with Gasteiger partial charge in [0, 0.05) is 29.8 Å². The molecule has 4 rings (SSSR count). The number of imide groups is 1. The molecule has 0 saturated carbocycles. The number of nitrogens with zero attached hydrogens (tertiary/aromatic N) is 4. The third kappa shape index (κ3) is 4.03. The maximum absolute atomic E-state index is 13.5. The summed E-state index contributed by atoms with van der Waals surface area (Å²) in [7, 11) is 0. The molecule has 0 aromatic heterocycles. The number of nitro groups is 2. The average molecular weight is 464 g/mol. The molecule has 1 fully saturated rings. The number of hydrogen-bond acceptors (Lipinski definition) is 7. The minimum Gasteiger partial charge on any atom is -0.272 e. The predicted octanol–water partition coefficient (Wildman–Crippen LogP) is 3.26. The van der Waals surface area contributed by atoms with Gasteiger partial charge in [0.2, 0.25) is 0 Å². The van der Waals surface area contributed by atoms with Crippen LogP contribution in [0.1, 0.15) is 29.3 Å². The number of amides is 3. The molecule has 0 N–H and O–H groups in total. The molecule has 2 aromatic rings. The highest BCUT2D eigenvalue weighted by atomic mass is 16.6. The Balaban J connectivity index is 1.73. The van der Waals surface area contributed by atoms with Gasteiger partial charge in [0.1, 0.15) is 0 Å². The molecule has 0 bridgehead atoms. The quantitative estimate of drug-likeness (QED) is 0.276. The molecule has 34 heavy (non-hydrogen) atoms.